The molecule has 0 amide bonds. The Balaban J connectivity index is 2.14. The Morgan fingerprint density at radius 2 is 1.43 bits per heavy atom. The monoisotopic (exact) mass is 445 g/mol. The summed E-state index contributed by atoms with van der Waals surface area (Å²) >= 11 is 11.6. The second-order valence-corrected chi connectivity index (χ2v) is 8.78. The van der Waals surface area contributed by atoms with Gasteiger partial charge in [0.15, 0.2) is 0 Å². The molecule has 0 N–H and O–H groups in total. The number of hydrogen-bond donors (Lipinski definition) is 0. The van der Waals surface area contributed by atoms with Gasteiger partial charge < -0.3 is 4.90 Å². The average molecular weight is 446 g/mol. The van der Waals surface area contributed by atoms with E-state index in [1.54, 1.807) is 12.1 Å². The fraction of sp³-hybridized carbons (Fsp3) is 0.333. The van der Waals surface area contributed by atoms with Gasteiger partial charge in [0.05, 0.1) is 16.4 Å². The molecule has 0 atom stereocenters. The standard InChI is InChI=1S/C18H21Cl2N3O4S/c1-21(16-6-8-17(9-7-16)22(12-10-19)13-11-20)28(26,27)14-15-2-4-18(5-3-15)23(24)25/h2-9H,10-14H2,1H3. The van der Waals surface area contributed by atoms with Crippen LogP contribution in [0.5, 0.6) is 0 Å². The highest BCUT2D eigenvalue weighted by molar-refractivity contribution is 7.92. The number of alkyl halides is 2. The zero-order valence-corrected chi connectivity index (χ0v) is 17.6. The van der Waals surface area contributed by atoms with Crippen molar-refractivity contribution in [2.75, 3.05) is 41.1 Å². The lowest BCUT2D eigenvalue weighted by Gasteiger charge is -2.24. The van der Waals surface area contributed by atoms with Crippen molar-refractivity contribution in [2.24, 2.45) is 0 Å². The first-order valence-corrected chi connectivity index (χ1v) is 11.1. The predicted octanol–water partition coefficient (Wildman–Crippen LogP) is 3.85. The highest BCUT2D eigenvalue weighted by Gasteiger charge is 2.20. The van der Waals surface area contributed by atoms with E-state index in [1.807, 2.05) is 17.0 Å². The zero-order valence-electron chi connectivity index (χ0n) is 15.3. The van der Waals surface area contributed by atoms with Gasteiger partial charge in [0, 0.05) is 49.7 Å². The molecule has 0 saturated carbocycles. The number of non-ortho nitro benzene ring substituents is 1. The Labute approximate surface area is 174 Å². The summed E-state index contributed by atoms with van der Waals surface area (Å²) in [4.78, 5) is 12.2. The lowest BCUT2D eigenvalue weighted by Crippen LogP contribution is -2.29. The van der Waals surface area contributed by atoms with E-state index in [9.17, 15) is 18.5 Å². The molecule has 0 aliphatic heterocycles. The minimum atomic E-state index is -3.65. The van der Waals surface area contributed by atoms with Crippen molar-refractivity contribution < 1.29 is 13.3 Å². The van der Waals surface area contributed by atoms with Crippen LogP contribution in [0.2, 0.25) is 0 Å². The summed E-state index contributed by atoms with van der Waals surface area (Å²) in [7, 11) is -2.17. The number of nitrogens with zero attached hydrogens (tertiary/aromatic N) is 3. The van der Waals surface area contributed by atoms with E-state index in [2.05, 4.69) is 0 Å². The number of halogens is 2. The van der Waals surface area contributed by atoms with Gasteiger partial charge in [-0.3, -0.25) is 14.4 Å². The lowest BCUT2D eigenvalue weighted by atomic mass is 10.2. The van der Waals surface area contributed by atoms with Crippen LogP contribution in [-0.2, 0) is 15.8 Å². The zero-order chi connectivity index (χ0) is 20.7. The molecule has 0 aromatic heterocycles. The Kier molecular flexibility index (Phi) is 7.91. The first-order valence-electron chi connectivity index (χ1n) is 8.45. The topological polar surface area (TPSA) is 83.8 Å². The maximum atomic E-state index is 12.7. The minimum Gasteiger partial charge on any atom is -0.369 e. The number of nitro benzene ring substituents is 1. The Morgan fingerprint density at radius 1 is 0.929 bits per heavy atom. The first kappa shape index (κ1) is 22.3. The van der Waals surface area contributed by atoms with Crippen molar-refractivity contribution in [2.45, 2.75) is 5.75 Å². The van der Waals surface area contributed by atoms with Gasteiger partial charge in [0.25, 0.3) is 5.69 Å². The van der Waals surface area contributed by atoms with Crippen molar-refractivity contribution in [3.05, 3.63) is 64.2 Å². The van der Waals surface area contributed by atoms with Gasteiger partial charge in [0.2, 0.25) is 10.0 Å². The second-order valence-electron chi connectivity index (χ2n) is 6.03. The molecule has 2 aromatic rings. The maximum absolute atomic E-state index is 12.7. The molecule has 28 heavy (non-hydrogen) atoms. The summed E-state index contributed by atoms with van der Waals surface area (Å²) in [5.74, 6) is 0.665. The highest BCUT2D eigenvalue weighted by atomic mass is 35.5. The molecular formula is C18H21Cl2N3O4S. The molecule has 0 fully saturated rings. The number of rotatable bonds is 10. The maximum Gasteiger partial charge on any atom is 0.269 e. The average Bonchev–Trinajstić information content (AvgIpc) is 2.67. The second kappa shape index (κ2) is 9.95. The van der Waals surface area contributed by atoms with E-state index in [0.29, 0.717) is 36.1 Å². The van der Waals surface area contributed by atoms with Gasteiger partial charge in [0.1, 0.15) is 0 Å². The van der Waals surface area contributed by atoms with Crippen LogP contribution in [-0.4, -0.2) is 45.2 Å². The Hall–Kier alpha value is -2.03. The first-order chi connectivity index (χ1) is 13.3. The molecule has 2 rings (SSSR count). The lowest BCUT2D eigenvalue weighted by molar-refractivity contribution is -0.384. The van der Waals surface area contributed by atoms with Gasteiger partial charge in [-0.1, -0.05) is 12.1 Å². The quantitative estimate of drug-likeness (QED) is 0.315. The SMILES string of the molecule is CN(c1ccc(N(CCCl)CCCl)cc1)S(=O)(=O)Cc1ccc([N+](=O)[O-])cc1. The van der Waals surface area contributed by atoms with Crippen LogP contribution < -0.4 is 9.21 Å². The molecule has 0 unspecified atom stereocenters. The summed E-state index contributed by atoms with van der Waals surface area (Å²) in [6.45, 7) is 1.28. The predicted molar refractivity (Wildman–Crippen MR) is 114 cm³/mol. The fourth-order valence-electron chi connectivity index (χ4n) is 2.63. The Bertz CT molecular complexity index is 884. The summed E-state index contributed by atoms with van der Waals surface area (Å²) in [6.07, 6.45) is 0. The van der Waals surface area contributed by atoms with Crippen LogP contribution in [0.3, 0.4) is 0 Å². The normalized spacial score (nSPS) is 11.2. The molecule has 0 spiro atoms. The van der Waals surface area contributed by atoms with Gasteiger partial charge in [-0.05, 0) is 29.8 Å². The van der Waals surface area contributed by atoms with Crippen molar-refractivity contribution >= 4 is 50.3 Å². The van der Waals surface area contributed by atoms with Gasteiger partial charge in [-0.2, -0.15) is 0 Å². The molecule has 0 saturated heterocycles. The van der Waals surface area contributed by atoms with Crippen molar-refractivity contribution in [3.63, 3.8) is 0 Å². The van der Waals surface area contributed by atoms with Crippen molar-refractivity contribution in [1.29, 1.82) is 0 Å². The molecule has 0 radical (unpaired) electrons. The van der Waals surface area contributed by atoms with Crippen molar-refractivity contribution in [3.8, 4) is 0 Å². The molecular weight excluding hydrogens is 425 g/mol. The Morgan fingerprint density at radius 3 is 1.89 bits per heavy atom. The van der Waals surface area contributed by atoms with E-state index in [1.165, 1.54) is 35.6 Å². The largest absolute Gasteiger partial charge is 0.369 e. The number of anilines is 2. The van der Waals surface area contributed by atoms with E-state index in [4.69, 9.17) is 23.2 Å². The smallest absolute Gasteiger partial charge is 0.269 e. The number of benzene rings is 2. The summed E-state index contributed by atoms with van der Waals surface area (Å²) in [5.41, 5.74) is 1.82. The van der Waals surface area contributed by atoms with Crippen LogP contribution in [0, 0.1) is 10.1 Å². The molecule has 0 aliphatic carbocycles. The number of nitro groups is 1. The van der Waals surface area contributed by atoms with Crippen molar-refractivity contribution in [1.82, 2.24) is 0 Å². The third-order valence-electron chi connectivity index (χ3n) is 4.20. The summed E-state index contributed by atoms with van der Waals surface area (Å²) in [5, 5.41) is 10.7. The summed E-state index contributed by atoms with van der Waals surface area (Å²) < 4.78 is 26.6. The van der Waals surface area contributed by atoms with Crippen LogP contribution in [0.15, 0.2) is 48.5 Å². The van der Waals surface area contributed by atoms with E-state index in [0.717, 1.165) is 5.69 Å². The molecule has 0 heterocycles. The van der Waals surface area contributed by atoms with E-state index >= 15 is 0 Å². The van der Waals surface area contributed by atoms with E-state index < -0.39 is 14.9 Å². The minimum absolute atomic E-state index is 0.0801. The summed E-state index contributed by atoms with van der Waals surface area (Å²) in [6, 6.07) is 12.6. The highest BCUT2D eigenvalue weighted by Crippen LogP contribution is 2.24. The van der Waals surface area contributed by atoms with Gasteiger partial charge in [-0.15, -0.1) is 23.2 Å². The molecule has 10 heteroatoms. The molecule has 2 aromatic carbocycles. The third-order valence-corrected chi connectivity index (χ3v) is 6.28. The van der Waals surface area contributed by atoms with E-state index in [-0.39, 0.29) is 11.4 Å². The van der Waals surface area contributed by atoms with Crippen LogP contribution in [0.4, 0.5) is 17.1 Å². The van der Waals surface area contributed by atoms with Crippen LogP contribution in [0.25, 0.3) is 0 Å². The molecule has 0 aliphatic rings. The van der Waals surface area contributed by atoms with Crippen LogP contribution in [0.1, 0.15) is 5.56 Å². The van der Waals surface area contributed by atoms with Crippen LogP contribution >= 0.6 is 23.2 Å². The third kappa shape index (κ3) is 5.73. The van der Waals surface area contributed by atoms with Gasteiger partial charge in [-0.25, -0.2) is 8.42 Å². The molecule has 0 bridgehead atoms. The fourth-order valence-corrected chi connectivity index (χ4v) is 4.29. The number of sulfonamides is 1. The molecule has 7 nitrogen and oxygen atoms in total. The van der Waals surface area contributed by atoms with Gasteiger partial charge >= 0.3 is 0 Å². The molecule has 152 valence electrons. The number of hydrogen-bond acceptors (Lipinski definition) is 5.